The summed E-state index contributed by atoms with van der Waals surface area (Å²) in [4.78, 5) is 0. The highest BCUT2D eigenvalue weighted by Crippen LogP contribution is 2.28. The molecule has 1 aliphatic rings. The van der Waals surface area contributed by atoms with E-state index in [0.717, 1.165) is 18.8 Å². The van der Waals surface area contributed by atoms with Crippen LogP contribution in [0.25, 0.3) is 0 Å². The van der Waals surface area contributed by atoms with Crippen LogP contribution in [0.2, 0.25) is 0 Å². The Bertz CT molecular complexity index is 243. The highest BCUT2D eigenvalue weighted by atomic mass is 14.2. The fourth-order valence-corrected chi connectivity index (χ4v) is 1.97. The Labute approximate surface area is 88.4 Å². The van der Waals surface area contributed by atoms with E-state index in [-0.39, 0.29) is 0 Å². The zero-order valence-corrected chi connectivity index (χ0v) is 9.55. The third-order valence-corrected chi connectivity index (χ3v) is 3.12. The smallest absolute Gasteiger partial charge is 0.0168 e. The zero-order chi connectivity index (χ0) is 10.4. The van der Waals surface area contributed by atoms with Gasteiger partial charge in [0.15, 0.2) is 0 Å². The van der Waals surface area contributed by atoms with E-state index in [9.17, 15) is 0 Å². The van der Waals surface area contributed by atoms with E-state index in [1.54, 1.807) is 11.1 Å². The van der Waals surface area contributed by atoms with Crippen molar-refractivity contribution < 1.29 is 0 Å². The molecule has 0 heteroatoms. The molecule has 0 saturated heterocycles. The van der Waals surface area contributed by atoms with Gasteiger partial charge in [0.25, 0.3) is 0 Å². The van der Waals surface area contributed by atoms with Crippen molar-refractivity contribution >= 4 is 0 Å². The molecule has 0 amide bonds. The van der Waals surface area contributed by atoms with Crippen molar-refractivity contribution in [1.29, 1.82) is 0 Å². The molecule has 1 rings (SSSR count). The van der Waals surface area contributed by atoms with Crippen molar-refractivity contribution in [2.24, 2.45) is 5.92 Å². The summed E-state index contributed by atoms with van der Waals surface area (Å²) in [5.41, 5.74) is 3.15. The fourth-order valence-electron chi connectivity index (χ4n) is 1.97. The Morgan fingerprint density at radius 3 is 2.93 bits per heavy atom. The highest BCUT2D eigenvalue weighted by molar-refractivity contribution is 5.12. The third-order valence-electron chi connectivity index (χ3n) is 3.12. The molecule has 0 saturated carbocycles. The van der Waals surface area contributed by atoms with Gasteiger partial charge in [0.05, 0.1) is 0 Å². The topological polar surface area (TPSA) is 0 Å². The largest absolute Gasteiger partial charge is 0.103 e. The second-order valence-electron chi connectivity index (χ2n) is 4.34. The maximum absolute atomic E-state index is 3.74. The summed E-state index contributed by atoms with van der Waals surface area (Å²) in [6.07, 6.45) is 12.9. The zero-order valence-electron chi connectivity index (χ0n) is 9.55. The van der Waals surface area contributed by atoms with Crippen LogP contribution in [0.1, 0.15) is 46.0 Å². The Hall–Kier alpha value is -0.780. The van der Waals surface area contributed by atoms with Crippen LogP contribution in [-0.4, -0.2) is 0 Å². The van der Waals surface area contributed by atoms with Gasteiger partial charge in [-0.1, -0.05) is 29.4 Å². The van der Waals surface area contributed by atoms with Gasteiger partial charge in [-0.25, -0.2) is 0 Å². The molecule has 0 radical (unpaired) electrons. The fraction of sp³-hybridized carbons (Fsp3) is 0.571. The van der Waals surface area contributed by atoms with Crippen LogP contribution in [0.4, 0.5) is 0 Å². The molecule has 0 fully saturated rings. The first-order valence-electron chi connectivity index (χ1n) is 5.67. The first-order valence-corrected chi connectivity index (χ1v) is 5.67. The van der Waals surface area contributed by atoms with Gasteiger partial charge in [0.2, 0.25) is 0 Å². The highest BCUT2D eigenvalue weighted by Gasteiger charge is 2.13. The number of rotatable bonds is 4. The molecule has 0 N–H and O–H groups in total. The Morgan fingerprint density at radius 1 is 1.57 bits per heavy atom. The number of unbranched alkanes of at least 4 members (excludes halogenated alkanes) is 1. The molecular weight excluding hydrogens is 168 g/mol. The number of allylic oxidation sites excluding steroid dienone is 5. The summed E-state index contributed by atoms with van der Waals surface area (Å²) >= 11 is 0. The molecule has 0 heterocycles. The molecule has 0 aliphatic heterocycles. The maximum Gasteiger partial charge on any atom is -0.0168 e. The molecule has 0 spiro atoms. The molecule has 0 aromatic carbocycles. The Kier molecular flexibility index (Phi) is 4.72. The van der Waals surface area contributed by atoms with Crippen LogP contribution in [0.15, 0.2) is 36.0 Å². The SMILES string of the molecule is C=CCC/C=C(/C)C1CC=C(C)CC1. The van der Waals surface area contributed by atoms with Crippen molar-refractivity contribution in [2.75, 3.05) is 0 Å². The van der Waals surface area contributed by atoms with Gasteiger partial charge in [-0.05, 0) is 51.9 Å². The molecule has 78 valence electrons. The van der Waals surface area contributed by atoms with E-state index < -0.39 is 0 Å². The van der Waals surface area contributed by atoms with Gasteiger partial charge < -0.3 is 0 Å². The van der Waals surface area contributed by atoms with Crippen molar-refractivity contribution in [3.63, 3.8) is 0 Å². The molecule has 0 aromatic heterocycles. The summed E-state index contributed by atoms with van der Waals surface area (Å²) in [7, 11) is 0. The lowest BCUT2D eigenvalue weighted by Crippen LogP contribution is -2.06. The van der Waals surface area contributed by atoms with Gasteiger partial charge in [-0.15, -0.1) is 6.58 Å². The molecule has 0 nitrogen and oxygen atoms in total. The third kappa shape index (κ3) is 3.53. The van der Waals surface area contributed by atoms with E-state index >= 15 is 0 Å². The van der Waals surface area contributed by atoms with Gasteiger partial charge in [0, 0.05) is 0 Å². The van der Waals surface area contributed by atoms with Gasteiger partial charge in [-0.2, -0.15) is 0 Å². The number of hydrogen-bond acceptors (Lipinski definition) is 0. The summed E-state index contributed by atoms with van der Waals surface area (Å²) < 4.78 is 0. The molecule has 1 aliphatic carbocycles. The predicted octanol–water partition coefficient (Wildman–Crippen LogP) is 4.65. The van der Waals surface area contributed by atoms with E-state index in [1.165, 1.54) is 19.3 Å². The lowest BCUT2D eigenvalue weighted by molar-refractivity contribution is 0.537. The minimum atomic E-state index is 0.809. The van der Waals surface area contributed by atoms with Crippen LogP contribution in [0, 0.1) is 5.92 Å². The molecular formula is C14H22. The van der Waals surface area contributed by atoms with Crippen molar-refractivity contribution in [2.45, 2.75) is 46.0 Å². The quantitative estimate of drug-likeness (QED) is 0.447. The minimum absolute atomic E-state index is 0.809. The summed E-state index contributed by atoms with van der Waals surface area (Å²) in [5, 5.41) is 0. The van der Waals surface area contributed by atoms with Crippen LogP contribution in [-0.2, 0) is 0 Å². The van der Waals surface area contributed by atoms with Crippen LogP contribution in [0.3, 0.4) is 0 Å². The normalized spacial score (nSPS) is 23.1. The lowest BCUT2D eigenvalue weighted by Gasteiger charge is -2.21. The van der Waals surface area contributed by atoms with Crippen molar-refractivity contribution in [1.82, 2.24) is 0 Å². The predicted molar refractivity (Wildman–Crippen MR) is 64.3 cm³/mol. The van der Waals surface area contributed by atoms with E-state index in [4.69, 9.17) is 0 Å². The summed E-state index contributed by atoms with van der Waals surface area (Å²) in [5.74, 6) is 0.809. The Balaban J connectivity index is 2.41. The van der Waals surface area contributed by atoms with Gasteiger partial charge in [0.1, 0.15) is 0 Å². The number of hydrogen-bond donors (Lipinski definition) is 0. The van der Waals surface area contributed by atoms with Crippen LogP contribution < -0.4 is 0 Å². The van der Waals surface area contributed by atoms with Crippen LogP contribution >= 0.6 is 0 Å². The van der Waals surface area contributed by atoms with Gasteiger partial charge in [-0.3, -0.25) is 0 Å². The van der Waals surface area contributed by atoms with E-state index in [2.05, 4.69) is 32.6 Å². The second-order valence-corrected chi connectivity index (χ2v) is 4.34. The van der Waals surface area contributed by atoms with Crippen molar-refractivity contribution in [3.05, 3.63) is 36.0 Å². The first kappa shape index (κ1) is 11.3. The lowest BCUT2D eigenvalue weighted by atomic mass is 9.85. The maximum atomic E-state index is 3.74. The average molecular weight is 190 g/mol. The first-order chi connectivity index (χ1) is 6.74. The average Bonchev–Trinajstić information content (AvgIpc) is 2.19. The van der Waals surface area contributed by atoms with Gasteiger partial charge >= 0.3 is 0 Å². The molecule has 14 heavy (non-hydrogen) atoms. The monoisotopic (exact) mass is 190 g/mol. The van der Waals surface area contributed by atoms with Crippen molar-refractivity contribution in [3.8, 4) is 0 Å². The summed E-state index contributed by atoms with van der Waals surface area (Å²) in [6.45, 7) is 8.26. The molecule has 1 atom stereocenters. The van der Waals surface area contributed by atoms with E-state index in [0.29, 0.717) is 0 Å². The summed E-state index contributed by atoms with van der Waals surface area (Å²) in [6, 6.07) is 0. The minimum Gasteiger partial charge on any atom is -0.103 e. The molecule has 1 unspecified atom stereocenters. The Morgan fingerprint density at radius 2 is 2.36 bits per heavy atom. The second kappa shape index (κ2) is 5.85. The molecule has 0 aromatic rings. The van der Waals surface area contributed by atoms with Crippen LogP contribution in [0.5, 0.6) is 0 Å². The standard InChI is InChI=1S/C14H22/c1-4-5-6-7-13(3)14-10-8-12(2)9-11-14/h4,7-8,14H,1,5-6,9-11H2,2-3H3/b13-7-. The van der Waals surface area contributed by atoms with E-state index in [1.807, 2.05) is 6.08 Å². The molecule has 0 bridgehead atoms.